The molecule has 0 unspecified atom stereocenters. The minimum atomic E-state index is 0.893. The van der Waals surface area contributed by atoms with E-state index in [1.165, 1.54) is 42.4 Å². The molecule has 0 aliphatic rings. The lowest BCUT2D eigenvalue weighted by Gasteiger charge is -2.27. The van der Waals surface area contributed by atoms with Crippen molar-refractivity contribution in [3.05, 3.63) is 212 Å². The molecule has 0 amide bonds. The summed E-state index contributed by atoms with van der Waals surface area (Å²) in [5, 5.41) is 4.78. The standard InChI is InChI=1S/C54H35NOS/c1-3-14-36(15-4-1)42-18-7-8-19-43(42)38-26-28-39(29-27-38)55(41-31-33-53-50(35-41)46-21-10-12-25-52(46)57-53)40-30-32-44(37-16-5-2-6-17-37)49(34-40)48-23-13-22-47-45-20-9-11-24-51(45)56-54(47)48/h1-35H. The summed E-state index contributed by atoms with van der Waals surface area (Å²) in [6.45, 7) is 0. The van der Waals surface area contributed by atoms with Gasteiger partial charge in [0.15, 0.2) is 0 Å². The number of fused-ring (bicyclic) bond motifs is 6. The summed E-state index contributed by atoms with van der Waals surface area (Å²) in [6, 6.07) is 76.4. The predicted octanol–water partition coefficient (Wildman–Crippen LogP) is 16.1. The van der Waals surface area contributed by atoms with E-state index in [1.807, 2.05) is 17.4 Å². The molecule has 0 aliphatic carbocycles. The van der Waals surface area contributed by atoms with E-state index in [-0.39, 0.29) is 0 Å². The number of rotatable bonds is 7. The first-order chi connectivity index (χ1) is 28.3. The summed E-state index contributed by atoms with van der Waals surface area (Å²) in [5.74, 6) is 0. The molecular formula is C54H35NOS. The Balaban J connectivity index is 1.12. The molecule has 2 heterocycles. The lowest BCUT2D eigenvalue weighted by Crippen LogP contribution is -2.10. The second-order valence-corrected chi connectivity index (χ2v) is 15.5. The van der Waals surface area contributed by atoms with E-state index in [0.29, 0.717) is 0 Å². The van der Waals surface area contributed by atoms with Gasteiger partial charge in [0, 0.05) is 53.6 Å². The van der Waals surface area contributed by atoms with Gasteiger partial charge in [-0.05, 0) is 93.5 Å². The van der Waals surface area contributed by atoms with Gasteiger partial charge in [-0.25, -0.2) is 0 Å². The van der Waals surface area contributed by atoms with E-state index in [0.717, 1.165) is 61.3 Å². The van der Waals surface area contributed by atoms with E-state index in [2.05, 4.69) is 211 Å². The molecular weight excluding hydrogens is 711 g/mol. The van der Waals surface area contributed by atoms with Crippen LogP contribution in [0.2, 0.25) is 0 Å². The van der Waals surface area contributed by atoms with Crippen LogP contribution < -0.4 is 4.90 Å². The lowest BCUT2D eigenvalue weighted by atomic mass is 9.92. The number of benzene rings is 9. The monoisotopic (exact) mass is 745 g/mol. The SMILES string of the molecule is c1ccc(-c2ccccc2-c2ccc(N(c3ccc(-c4ccccc4)c(-c4cccc5c4oc4ccccc45)c3)c3ccc4sc5ccccc5c4c3)cc2)cc1. The Morgan fingerprint density at radius 2 is 0.842 bits per heavy atom. The van der Waals surface area contributed by atoms with Crippen LogP contribution in [-0.4, -0.2) is 0 Å². The fraction of sp³-hybridized carbons (Fsp3) is 0. The Morgan fingerprint density at radius 1 is 0.316 bits per heavy atom. The molecule has 268 valence electrons. The molecule has 11 aromatic rings. The first-order valence-electron chi connectivity index (χ1n) is 19.3. The van der Waals surface area contributed by atoms with Crippen LogP contribution in [0.4, 0.5) is 17.1 Å². The normalized spacial score (nSPS) is 11.5. The summed E-state index contributed by atoms with van der Waals surface area (Å²) >= 11 is 1.85. The van der Waals surface area contributed by atoms with E-state index < -0.39 is 0 Å². The largest absolute Gasteiger partial charge is 0.455 e. The highest BCUT2D eigenvalue weighted by molar-refractivity contribution is 7.25. The van der Waals surface area contributed by atoms with Gasteiger partial charge in [-0.2, -0.15) is 0 Å². The van der Waals surface area contributed by atoms with E-state index in [4.69, 9.17) is 4.42 Å². The third-order valence-electron chi connectivity index (χ3n) is 11.1. The zero-order chi connectivity index (χ0) is 37.7. The van der Waals surface area contributed by atoms with Gasteiger partial charge < -0.3 is 9.32 Å². The zero-order valence-corrected chi connectivity index (χ0v) is 31.8. The number of para-hydroxylation sites is 2. The molecule has 0 bridgehead atoms. The van der Waals surface area contributed by atoms with Crippen molar-refractivity contribution in [3.63, 3.8) is 0 Å². The van der Waals surface area contributed by atoms with Crippen LogP contribution in [0.1, 0.15) is 0 Å². The fourth-order valence-corrected chi connectivity index (χ4v) is 9.50. The van der Waals surface area contributed by atoms with E-state index in [1.54, 1.807) is 0 Å². The molecule has 9 aromatic carbocycles. The maximum atomic E-state index is 6.66. The van der Waals surface area contributed by atoms with Gasteiger partial charge in [0.1, 0.15) is 11.2 Å². The zero-order valence-electron chi connectivity index (χ0n) is 31.0. The Labute approximate surface area is 335 Å². The molecule has 0 spiro atoms. The highest BCUT2D eigenvalue weighted by Crippen LogP contribution is 2.46. The molecule has 2 aromatic heterocycles. The third kappa shape index (κ3) is 5.80. The maximum Gasteiger partial charge on any atom is 0.143 e. The Hall–Kier alpha value is -7.20. The van der Waals surface area contributed by atoms with E-state index >= 15 is 0 Å². The van der Waals surface area contributed by atoms with E-state index in [9.17, 15) is 0 Å². The van der Waals surface area contributed by atoms with Gasteiger partial charge in [0.05, 0.1) is 0 Å². The highest BCUT2D eigenvalue weighted by atomic mass is 32.1. The minimum absolute atomic E-state index is 0.893. The van der Waals surface area contributed by atoms with Crippen LogP contribution >= 0.6 is 11.3 Å². The molecule has 0 N–H and O–H groups in total. The lowest BCUT2D eigenvalue weighted by molar-refractivity contribution is 0.670. The molecule has 11 rings (SSSR count). The summed E-state index contributed by atoms with van der Waals surface area (Å²) in [6.07, 6.45) is 0. The topological polar surface area (TPSA) is 16.4 Å². The maximum absolute atomic E-state index is 6.66. The molecule has 2 nitrogen and oxygen atoms in total. The molecule has 0 saturated heterocycles. The second-order valence-electron chi connectivity index (χ2n) is 14.4. The molecule has 3 heteroatoms. The number of hydrogen-bond acceptors (Lipinski definition) is 3. The Kier molecular flexibility index (Phi) is 8.04. The number of anilines is 3. The van der Waals surface area contributed by atoms with Gasteiger partial charge in [-0.3, -0.25) is 0 Å². The van der Waals surface area contributed by atoms with Gasteiger partial charge in [-0.1, -0.05) is 158 Å². The quantitative estimate of drug-likeness (QED) is 0.162. The van der Waals surface area contributed by atoms with Crippen molar-refractivity contribution in [2.24, 2.45) is 0 Å². The Morgan fingerprint density at radius 3 is 1.60 bits per heavy atom. The molecule has 0 radical (unpaired) electrons. The van der Waals surface area contributed by atoms with Crippen molar-refractivity contribution in [1.29, 1.82) is 0 Å². The van der Waals surface area contributed by atoms with Crippen molar-refractivity contribution < 1.29 is 4.42 Å². The van der Waals surface area contributed by atoms with Crippen LogP contribution in [0.25, 0.3) is 86.6 Å². The van der Waals surface area contributed by atoms with Gasteiger partial charge in [0.25, 0.3) is 0 Å². The Bertz CT molecular complexity index is 3230. The average Bonchev–Trinajstić information content (AvgIpc) is 3.86. The smallest absolute Gasteiger partial charge is 0.143 e. The highest BCUT2D eigenvalue weighted by Gasteiger charge is 2.21. The molecule has 0 aliphatic heterocycles. The summed E-state index contributed by atoms with van der Waals surface area (Å²) < 4.78 is 9.24. The van der Waals surface area contributed by atoms with Crippen molar-refractivity contribution in [3.8, 4) is 44.5 Å². The van der Waals surface area contributed by atoms with Crippen LogP contribution in [0, 0.1) is 0 Å². The predicted molar refractivity (Wildman–Crippen MR) is 243 cm³/mol. The minimum Gasteiger partial charge on any atom is -0.455 e. The first-order valence-corrected chi connectivity index (χ1v) is 20.1. The number of furan rings is 1. The number of thiophene rings is 1. The van der Waals surface area contributed by atoms with Crippen molar-refractivity contribution in [2.75, 3.05) is 4.90 Å². The fourth-order valence-electron chi connectivity index (χ4n) is 8.42. The summed E-state index contributed by atoms with van der Waals surface area (Å²) in [5.41, 5.74) is 14.3. The molecule has 0 fully saturated rings. The van der Waals surface area contributed by atoms with Crippen LogP contribution in [0.15, 0.2) is 217 Å². The number of hydrogen-bond donors (Lipinski definition) is 0. The van der Waals surface area contributed by atoms with Crippen LogP contribution in [0.3, 0.4) is 0 Å². The average molecular weight is 746 g/mol. The number of nitrogens with zero attached hydrogens (tertiary/aromatic N) is 1. The van der Waals surface area contributed by atoms with Crippen LogP contribution in [0.5, 0.6) is 0 Å². The second kappa shape index (κ2) is 13.8. The first kappa shape index (κ1) is 33.2. The molecule has 57 heavy (non-hydrogen) atoms. The van der Waals surface area contributed by atoms with Crippen molar-refractivity contribution in [2.45, 2.75) is 0 Å². The molecule has 0 saturated carbocycles. The van der Waals surface area contributed by atoms with Gasteiger partial charge in [-0.15, -0.1) is 11.3 Å². The van der Waals surface area contributed by atoms with Gasteiger partial charge in [0.2, 0.25) is 0 Å². The third-order valence-corrected chi connectivity index (χ3v) is 12.3. The molecule has 0 atom stereocenters. The van der Waals surface area contributed by atoms with Crippen molar-refractivity contribution >= 4 is 70.5 Å². The van der Waals surface area contributed by atoms with Crippen molar-refractivity contribution in [1.82, 2.24) is 0 Å². The summed E-state index contributed by atoms with van der Waals surface area (Å²) in [7, 11) is 0. The van der Waals surface area contributed by atoms with Gasteiger partial charge >= 0.3 is 0 Å². The van der Waals surface area contributed by atoms with Crippen LogP contribution in [-0.2, 0) is 0 Å². The summed E-state index contributed by atoms with van der Waals surface area (Å²) in [4.78, 5) is 2.40.